The number of rotatable bonds is 7. The Morgan fingerprint density at radius 3 is 2.71 bits per heavy atom. The Hall–Kier alpha value is -1.96. The zero-order valence-electron chi connectivity index (χ0n) is 12.5. The number of nitrogens with zero attached hydrogens (tertiary/aromatic N) is 3. The fraction of sp³-hybridized carbons (Fsp3) is 0.692. The van der Waals surface area contributed by atoms with E-state index in [-0.39, 0.29) is 23.7 Å². The lowest BCUT2D eigenvalue weighted by Gasteiger charge is -2.34. The molecule has 0 atom stereocenters. The maximum Gasteiger partial charge on any atom is 0.332 e. The van der Waals surface area contributed by atoms with Crippen LogP contribution in [0.3, 0.4) is 0 Å². The van der Waals surface area contributed by atoms with Crippen molar-refractivity contribution in [3.63, 3.8) is 0 Å². The third-order valence-corrected chi connectivity index (χ3v) is 3.54. The van der Waals surface area contributed by atoms with E-state index in [1.807, 2.05) is 6.92 Å². The molecule has 21 heavy (non-hydrogen) atoms. The number of methoxy groups -OCH3 is 1. The van der Waals surface area contributed by atoms with E-state index in [2.05, 4.69) is 20.6 Å². The molecule has 1 aromatic heterocycles. The molecule has 0 radical (unpaired) electrons. The normalized spacial score (nSPS) is 20.7. The summed E-state index contributed by atoms with van der Waals surface area (Å²) in [6, 6.07) is 0.155. The number of nitrogens with one attached hydrogen (secondary N) is 2. The fourth-order valence-electron chi connectivity index (χ4n) is 2.27. The molecule has 8 heteroatoms. The molecule has 0 unspecified atom stereocenters. The van der Waals surface area contributed by atoms with Gasteiger partial charge in [-0.3, -0.25) is 10.1 Å². The number of aryl methyl sites for hydroxylation is 1. The smallest absolute Gasteiger partial charge is 0.332 e. The maximum atomic E-state index is 11.2. The molecule has 116 valence electrons. The first kappa shape index (κ1) is 15.4. The molecule has 0 aliphatic heterocycles. The second kappa shape index (κ2) is 6.66. The molecule has 2 rings (SSSR count). The van der Waals surface area contributed by atoms with E-state index in [1.165, 1.54) is 0 Å². The van der Waals surface area contributed by atoms with E-state index in [1.54, 1.807) is 14.0 Å². The van der Waals surface area contributed by atoms with Crippen LogP contribution in [-0.4, -0.2) is 40.7 Å². The number of anilines is 2. The van der Waals surface area contributed by atoms with Gasteiger partial charge in [0, 0.05) is 19.7 Å². The van der Waals surface area contributed by atoms with Crippen molar-refractivity contribution in [1.29, 1.82) is 0 Å². The molecule has 1 aromatic rings. The lowest BCUT2D eigenvalue weighted by Crippen LogP contribution is -2.40. The van der Waals surface area contributed by atoms with Crippen LogP contribution in [0, 0.1) is 17.0 Å². The number of ether oxygens (including phenoxy) is 1. The monoisotopic (exact) mass is 295 g/mol. The van der Waals surface area contributed by atoms with Crippen molar-refractivity contribution < 1.29 is 9.66 Å². The summed E-state index contributed by atoms with van der Waals surface area (Å²) in [5.41, 5.74) is 0.302. The third kappa shape index (κ3) is 3.57. The van der Waals surface area contributed by atoms with Crippen LogP contribution in [0.5, 0.6) is 0 Å². The molecular weight excluding hydrogens is 274 g/mol. The Bertz CT molecular complexity index is 517. The Kier molecular flexibility index (Phi) is 4.89. The first-order valence-electron chi connectivity index (χ1n) is 7.11. The van der Waals surface area contributed by atoms with Gasteiger partial charge < -0.3 is 15.4 Å². The van der Waals surface area contributed by atoms with Crippen LogP contribution in [0.1, 0.15) is 31.9 Å². The number of hydrogen-bond donors (Lipinski definition) is 2. The van der Waals surface area contributed by atoms with E-state index in [0.717, 1.165) is 25.8 Å². The first-order valence-corrected chi connectivity index (χ1v) is 7.11. The number of aromatic nitrogens is 2. The minimum absolute atomic E-state index is 0.0575. The topological polar surface area (TPSA) is 102 Å². The van der Waals surface area contributed by atoms with E-state index in [0.29, 0.717) is 11.6 Å². The summed E-state index contributed by atoms with van der Waals surface area (Å²) in [5, 5.41) is 17.4. The van der Waals surface area contributed by atoms with Crippen molar-refractivity contribution in [2.45, 2.75) is 45.3 Å². The highest BCUT2D eigenvalue weighted by Crippen LogP contribution is 2.31. The highest BCUT2D eigenvalue weighted by atomic mass is 16.6. The van der Waals surface area contributed by atoms with Crippen LogP contribution in [-0.2, 0) is 4.74 Å². The largest absolute Gasteiger partial charge is 0.381 e. The number of hydrogen-bond acceptors (Lipinski definition) is 7. The average molecular weight is 295 g/mol. The molecule has 0 saturated heterocycles. The highest BCUT2D eigenvalue weighted by Gasteiger charge is 2.32. The molecule has 1 saturated carbocycles. The van der Waals surface area contributed by atoms with Gasteiger partial charge in [0.15, 0.2) is 0 Å². The predicted octanol–water partition coefficient (Wildman–Crippen LogP) is 2.10. The molecule has 8 nitrogen and oxygen atoms in total. The van der Waals surface area contributed by atoms with Crippen molar-refractivity contribution in [2.24, 2.45) is 0 Å². The molecule has 1 aliphatic rings. The maximum absolute atomic E-state index is 11.2. The highest BCUT2D eigenvalue weighted by molar-refractivity contribution is 5.61. The van der Waals surface area contributed by atoms with Crippen molar-refractivity contribution in [3.05, 3.63) is 15.8 Å². The quantitative estimate of drug-likeness (QED) is 0.586. The molecule has 0 aromatic carbocycles. The van der Waals surface area contributed by atoms with Gasteiger partial charge in [0.2, 0.25) is 11.8 Å². The Morgan fingerprint density at radius 2 is 2.14 bits per heavy atom. The van der Waals surface area contributed by atoms with Crippen LogP contribution in [0.15, 0.2) is 0 Å². The average Bonchev–Trinajstić information content (AvgIpc) is 2.39. The van der Waals surface area contributed by atoms with Crippen LogP contribution < -0.4 is 10.6 Å². The SMILES string of the molecule is CCCNc1nc(C)c([N+](=O)[O-])c(NC2CC(OC)C2)n1. The van der Waals surface area contributed by atoms with Crippen LogP contribution in [0.25, 0.3) is 0 Å². The fourth-order valence-corrected chi connectivity index (χ4v) is 2.27. The number of nitro groups is 1. The third-order valence-electron chi connectivity index (χ3n) is 3.54. The molecular formula is C13H21N5O3. The summed E-state index contributed by atoms with van der Waals surface area (Å²) >= 11 is 0. The lowest BCUT2D eigenvalue weighted by atomic mass is 9.89. The van der Waals surface area contributed by atoms with Gasteiger partial charge in [-0.2, -0.15) is 4.98 Å². The summed E-state index contributed by atoms with van der Waals surface area (Å²) in [7, 11) is 1.67. The van der Waals surface area contributed by atoms with Gasteiger partial charge in [0.25, 0.3) is 0 Å². The van der Waals surface area contributed by atoms with Gasteiger partial charge in [-0.1, -0.05) is 6.92 Å². The first-order chi connectivity index (χ1) is 10.0. The molecule has 0 spiro atoms. The predicted molar refractivity (Wildman–Crippen MR) is 79.6 cm³/mol. The van der Waals surface area contributed by atoms with E-state index >= 15 is 0 Å². The van der Waals surface area contributed by atoms with Crippen LogP contribution in [0.2, 0.25) is 0 Å². The Balaban J connectivity index is 2.19. The zero-order chi connectivity index (χ0) is 15.4. The summed E-state index contributed by atoms with van der Waals surface area (Å²) < 4.78 is 5.21. The van der Waals surface area contributed by atoms with E-state index in [9.17, 15) is 10.1 Å². The lowest BCUT2D eigenvalue weighted by molar-refractivity contribution is -0.385. The summed E-state index contributed by atoms with van der Waals surface area (Å²) in [4.78, 5) is 19.2. The van der Waals surface area contributed by atoms with Crippen molar-refractivity contribution in [2.75, 3.05) is 24.3 Å². The van der Waals surface area contributed by atoms with Gasteiger partial charge >= 0.3 is 5.69 Å². The van der Waals surface area contributed by atoms with E-state index < -0.39 is 4.92 Å². The van der Waals surface area contributed by atoms with Gasteiger partial charge in [-0.15, -0.1) is 0 Å². The summed E-state index contributed by atoms with van der Waals surface area (Å²) in [5.74, 6) is 0.704. The van der Waals surface area contributed by atoms with Crippen LogP contribution in [0.4, 0.5) is 17.5 Å². The van der Waals surface area contributed by atoms with E-state index in [4.69, 9.17) is 4.74 Å². The van der Waals surface area contributed by atoms with Gasteiger partial charge in [0.1, 0.15) is 5.69 Å². The molecule has 1 heterocycles. The molecule has 1 aliphatic carbocycles. The van der Waals surface area contributed by atoms with Crippen molar-refractivity contribution in [3.8, 4) is 0 Å². The van der Waals surface area contributed by atoms with Gasteiger partial charge in [-0.05, 0) is 26.2 Å². The Morgan fingerprint density at radius 1 is 1.43 bits per heavy atom. The zero-order valence-corrected chi connectivity index (χ0v) is 12.5. The molecule has 0 amide bonds. The second-order valence-electron chi connectivity index (χ2n) is 5.18. The van der Waals surface area contributed by atoms with Crippen molar-refractivity contribution in [1.82, 2.24) is 9.97 Å². The van der Waals surface area contributed by atoms with Crippen LogP contribution >= 0.6 is 0 Å². The standard InChI is InChI=1S/C13H21N5O3/c1-4-5-14-13-15-8(2)11(18(19)20)12(17-13)16-9-6-10(7-9)21-3/h9-10H,4-7H2,1-3H3,(H2,14,15,16,17). The second-order valence-corrected chi connectivity index (χ2v) is 5.18. The van der Waals surface area contributed by atoms with Crippen molar-refractivity contribution >= 4 is 17.5 Å². The van der Waals surface area contributed by atoms with Gasteiger partial charge in [-0.25, -0.2) is 4.98 Å². The van der Waals surface area contributed by atoms with Gasteiger partial charge in [0.05, 0.1) is 11.0 Å². The minimum atomic E-state index is -0.437. The Labute approximate surface area is 123 Å². The molecule has 2 N–H and O–H groups in total. The minimum Gasteiger partial charge on any atom is -0.381 e. The summed E-state index contributed by atoms with van der Waals surface area (Å²) in [6.45, 7) is 4.39. The molecule has 1 fully saturated rings. The molecule has 0 bridgehead atoms. The summed E-state index contributed by atoms with van der Waals surface area (Å²) in [6.07, 6.45) is 2.81.